The van der Waals surface area contributed by atoms with Gasteiger partial charge in [0.25, 0.3) is 0 Å². The monoisotopic (exact) mass is 235 g/mol. The smallest absolute Gasteiger partial charge is 0.122 e. The molecule has 1 rings (SSSR count). The Morgan fingerprint density at radius 1 is 1.24 bits per heavy atom. The highest BCUT2D eigenvalue weighted by Gasteiger charge is 2.11. The molecule has 17 heavy (non-hydrogen) atoms. The standard InChI is InChI=1S/C14H21NO2/c1-5-6-11-8-14(17-4)12(7-10(2)15)9-13(11)16-3/h5,8-10H,1,6-7,15H2,2-4H3. The number of nitrogens with two attached hydrogens (primary N) is 1. The van der Waals surface area contributed by atoms with Crippen molar-refractivity contribution in [1.29, 1.82) is 0 Å². The Morgan fingerprint density at radius 3 is 2.24 bits per heavy atom. The van der Waals surface area contributed by atoms with E-state index in [-0.39, 0.29) is 6.04 Å². The molecule has 1 atom stereocenters. The fourth-order valence-electron chi connectivity index (χ4n) is 1.85. The summed E-state index contributed by atoms with van der Waals surface area (Å²) in [6.45, 7) is 5.72. The lowest BCUT2D eigenvalue weighted by Gasteiger charge is -2.15. The van der Waals surface area contributed by atoms with Crippen molar-refractivity contribution in [2.24, 2.45) is 5.73 Å². The van der Waals surface area contributed by atoms with Crippen LogP contribution in [0.5, 0.6) is 11.5 Å². The van der Waals surface area contributed by atoms with Crippen molar-refractivity contribution in [3.63, 3.8) is 0 Å². The first-order valence-corrected chi connectivity index (χ1v) is 5.72. The summed E-state index contributed by atoms with van der Waals surface area (Å²) < 4.78 is 10.8. The number of rotatable bonds is 6. The quantitative estimate of drug-likeness (QED) is 0.770. The molecule has 0 spiro atoms. The van der Waals surface area contributed by atoms with Gasteiger partial charge in [0, 0.05) is 11.6 Å². The maximum atomic E-state index is 5.82. The third kappa shape index (κ3) is 3.49. The Labute approximate surface area is 103 Å². The highest BCUT2D eigenvalue weighted by Crippen LogP contribution is 2.30. The van der Waals surface area contributed by atoms with Gasteiger partial charge in [-0.1, -0.05) is 6.08 Å². The molecule has 0 saturated heterocycles. The van der Waals surface area contributed by atoms with Gasteiger partial charge in [0.15, 0.2) is 0 Å². The number of hydrogen-bond donors (Lipinski definition) is 1. The summed E-state index contributed by atoms with van der Waals surface area (Å²) in [5.74, 6) is 1.72. The van der Waals surface area contributed by atoms with E-state index >= 15 is 0 Å². The summed E-state index contributed by atoms with van der Waals surface area (Å²) in [5, 5.41) is 0. The molecular weight excluding hydrogens is 214 g/mol. The van der Waals surface area contributed by atoms with Crippen LogP contribution in [0.15, 0.2) is 24.8 Å². The van der Waals surface area contributed by atoms with Crippen molar-refractivity contribution in [2.75, 3.05) is 14.2 Å². The fourth-order valence-corrected chi connectivity index (χ4v) is 1.85. The average Bonchev–Trinajstić information content (AvgIpc) is 2.30. The first kappa shape index (κ1) is 13.6. The molecule has 1 unspecified atom stereocenters. The van der Waals surface area contributed by atoms with Gasteiger partial charge in [-0.3, -0.25) is 0 Å². The van der Waals surface area contributed by atoms with Gasteiger partial charge in [0.1, 0.15) is 11.5 Å². The minimum absolute atomic E-state index is 0.0962. The van der Waals surface area contributed by atoms with Gasteiger partial charge in [-0.25, -0.2) is 0 Å². The van der Waals surface area contributed by atoms with Crippen molar-refractivity contribution < 1.29 is 9.47 Å². The van der Waals surface area contributed by atoms with Crippen LogP contribution in [-0.4, -0.2) is 20.3 Å². The third-order valence-electron chi connectivity index (χ3n) is 2.59. The van der Waals surface area contributed by atoms with Gasteiger partial charge in [0.05, 0.1) is 14.2 Å². The molecule has 0 aliphatic heterocycles. The first-order valence-electron chi connectivity index (χ1n) is 5.72. The van der Waals surface area contributed by atoms with Gasteiger partial charge in [-0.05, 0) is 37.5 Å². The van der Waals surface area contributed by atoms with Gasteiger partial charge >= 0.3 is 0 Å². The largest absolute Gasteiger partial charge is 0.496 e. The lowest BCUT2D eigenvalue weighted by Crippen LogP contribution is -2.18. The topological polar surface area (TPSA) is 44.5 Å². The molecule has 0 bridgehead atoms. The van der Waals surface area contributed by atoms with Crippen LogP contribution in [0.3, 0.4) is 0 Å². The third-order valence-corrected chi connectivity index (χ3v) is 2.59. The van der Waals surface area contributed by atoms with Crippen molar-refractivity contribution in [1.82, 2.24) is 0 Å². The summed E-state index contributed by atoms with van der Waals surface area (Å²) in [4.78, 5) is 0. The Hall–Kier alpha value is -1.48. The zero-order valence-electron chi connectivity index (χ0n) is 10.8. The summed E-state index contributed by atoms with van der Waals surface area (Å²) in [7, 11) is 3.34. The molecular formula is C14H21NO2. The van der Waals surface area contributed by atoms with E-state index in [0.717, 1.165) is 35.5 Å². The summed E-state index contributed by atoms with van der Waals surface area (Å²) in [6, 6.07) is 4.10. The van der Waals surface area contributed by atoms with Gasteiger partial charge in [-0.15, -0.1) is 6.58 Å². The lowest BCUT2D eigenvalue weighted by molar-refractivity contribution is 0.394. The molecule has 0 amide bonds. The lowest BCUT2D eigenvalue weighted by atomic mass is 10.0. The van der Waals surface area contributed by atoms with Crippen LogP contribution in [0.1, 0.15) is 18.1 Å². The number of methoxy groups -OCH3 is 2. The maximum absolute atomic E-state index is 5.82. The summed E-state index contributed by atoms with van der Waals surface area (Å²) in [6.07, 6.45) is 3.38. The van der Waals surface area contributed by atoms with Crippen LogP contribution in [0.2, 0.25) is 0 Å². The zero-order chi connectivity index (χ0) is 12.8. The zero-order valence-corrected chi connectivity index (χ0v) is 10.8. The molecule has 3 nitrogen and oxygen atoms in total. The summed E-state index contributed by atoms with van der Waals surface area (Å²) in [5.41, 5.74) is 7.98. The molecule has 0 heterocycles. The molecule has 0 aromatic heterocycles. The Bertz CT molecular complexity index is 386. The van der Waals surface area contributed by atoms with Gasteiger partial charge in [-0.2, -0.15) is 0 Å². The van der Waals surface area contributed by atoms with Crippen LogP contribution in [0.4, 0.5) is 0 Å². The number of ether oxygens (including phenoxy) is 2. The van der Waals surface area contributed by atoms with Crippen molar-refractivity contribution >= 4 is 0 Å². The molecule has 0 fully saturated rings. The Kier molecular flexibility index (Phi) is 5.04. The predicted octanol–water partition coefficient (Wildman–Crippen LogP) is 2.32. The Morgan fingerprint density at radius 2 is 1.76 bits per heavy atom. The molecule has 1 aromatic rings. The molecule has 94 valence electrons. The molecule has 1 aromatic carbocycles. The van der Waals surface area contributed by atoms with Gasteiger partial charge in [0.2, 0.25) is 0 Å². The second-order valence-corrected chi connectivity index (χ2v) is 4.15. The van der Waals surface area contributed by atoms with E-state index < -0.39 is 0 Å². The predicted molar refractivity (Wildman–Crippen MR) is 70.8 cm³/mol. The van der Waals surface area contributed by atoms with Crippen molar-refractivity contribution in [3.8, 4) is 11.5 Å². The van der Waals surface area contributed by atoms with Crippen molar-refractivity contribution in [3.05, 3.63) is 35.9 Å². The average molecular weight is 235 g/mol. The molecule has 0 saturated carbocycles. The second-order valence-electron chi connectivity index (χ2n) is 4.15. The first-order chi connectivity index (χ1) is 8.12. The van der Waals surface area contributed by atoms with E-state index in [0.29, 0.717) is 0 Å². The van der Waals surface area contributed by atoms with E-state index in [1.165, 1.54) is 0 Å². The minimum atomic E-state index is 0.0962. The fraction of sp³-hybridized carbons (Fsp3) is 0.429. The van der Waals surface area contributed by atoms with Crippen LogP contribution in [0, 0.1) is 0 Å². The van der Waals surface area contributed by atoms with E-state index in [1.807, 2.05) is 25.1 Å². The summed E-state index contributed by atoms with van der Waals surface area (Å²) >= 11 is 0. The number of benzene rings is 1. The number of hydrogen-bond acceptors (Lipinski definition) is 3. The molecule has 2 N–H and O–H groups in total. The highest BCUT2D eigenvalue weighted by molar-refractivity contribution is 5.47. The van der Waals surface area contributed by atoms with Crippen molar-refractivity contribution in [2.45, 2.75) is 25.8 Å². The molecule has 3 heteroatoms. The normalized spacial score (nSPS) is 12.0. The van der Waals surface area contributed by atoms with E-state index in [2.05, 4.69) is 6.58 Å². The van der Waals surface area contributed by atoms with Crippen LogP contribution < -0.4 is 15.2 Å². The minimum Gasteiger partial charge on any atom is -0.496 e. The highest BCUT2D eigenvalue weighted by atomic mass is 16.5. The Balaban J connectivity index is 3.17. The van der Waals surface area contributed by atoms with E-state index in [9.17, 15) is 0 Å². The molecule has 0 radical (unpaired) electrons. The van der Waals surface area contributed by atoms with Crippen LogP contribution >= 0.6 is 0 Å². The SMILES string of the molecule is C=CCc1cc(OC)c(CC(C)N)cc1OC. The van der Waals surface area contributed by atoms with Crippen LogP contribution in [-0.2, 0) is 12.8 Å². The van der Waals surface area contributed by atoms with Gasteiger partial charge < -0.3 is 15.2 Å². The molecule has 0 aliphatic carbocycles. The van der Waals surface area contributed by atoms with E-state index in [4.69, 9.17) is 15.2 Å². The number of allylic oxidation sites excluding steroid dienone is 1. The van der Waals surface area contributed by atoms with Crippen LogP contribution in [0.25, 0.3) is 0 Å². The molecule has 0 aliphatic rings. The second kappa shape index (κ2) is 6.30. The maximum Gasteiger partial charge on any atom is 0.122 e. The van der Waals surface area contributed by atoms with E-state index in [1.54, 1.807) is 14.2 Å².